The molecule has 1 aromatic carbocycles. The summed E-state index contributed by atoms with van der Waals surface area (Å²) in [6.07, 6.45) is 4.13. The van der Waals surface area contributed by atoms with Crippen molar-refractivity contribution in [2.24, 2.45) is 0 Å². The number of aromatic nitrogens is 1. The van der Waals surface area contributed by atoms with Gasteiger partial charge in [0.2, 0.25) is 11.8 Å². The lowest BCUT2D eigenvalue weighted by molar-refractivity contribution is -0.118. The van der Waals surface area contributed by atoms with Crippen molar-refractivity contribution in [2.45, 2.75) is 32.4 Å². The molecule has 2 aromatic rings. The van der Waals surface area contributed by atoms with Crippen LogP contribution in [-0.4, -0.2) is 34.2 Å². The second-order valence-electron chi connectivity index (χ2n) is 6.73. The van der Waals surface area contributed by atoms with Crippen LogP contribution < -0.4 is 14.8 Å². The Labute approximate surface area is 174 Å². The molecule has 6 nitrogen and oxygen atoms in total. The normalized spacial score (nSPS) is 12.6. The first kappa shape index (κ1) is 22.0. The van der Waals surface area contributed by atoms with Crippen molar-refractivity contribution >= 4 is 29.1 Å². The summed E-state index contributed by atoms with van der Waals surface area (Å²) in [5.74, 6) is 1.10. The van der Waals surface area contributed by atoms with E-state index in [0.29, 0.717) is 21.5 Å². The van der Waals surface area contributed by atoms with E-state index in [9.17, 15) is 4.79 Å². The monoisotopic (exact) mass is 424 g/mol. The third kappa shape index (κ3) is 7.03. The lowest BCUT2D eigenvalue weighted by Crippen LogP contribution is -2.45. The molecule has 1 amide bonds. The first-order valence-electron chi connectivity index (χ1n) is 8.55. The van der Waals surface area contributed by atoms with Crippen LogP contribution in [0.2, 0.25) is 10.0 Å². The smallest absolute Gasteiger partial charge is 0.244 e. The second kappa shape index (κ2) is 9.78. The van der Waals surface area contributed by atoms with Gasteiger partial charge in [0, 0.05) is 12.3 Å². The summed E-state index contributed by atoms with van der Waals surface area (Å²) in [6, 6.07) is 8.45. The zero-order valence-electron chi connectivity index (χ0n) is 15.8. The van der Waals surface area contributed by atoms with Crippen LogP contribution in [0.3, 0.4) is 0 Å². The van der Waals surface area contributed by atoms with Crippen molar-refractivity contribution < 1.29 is 19.4 Å². The lowest BCUT2D eigenvalue weighted by Gasteiger charge is -2.22. The number of carbonyl (C=O) groups is 1. The zero-order chi connectivity index (χ0) is 20.7. The fourth-order valence-electron chi connectivity index (χ4n) is 2.07. The first-order valence-corrected chi connectivity index (χ1v) is 9.31. The van der Waals surface area contributed by atoms with Crippen LogP contribution in [0.5, 0.6) is 17.4 Å². The molecule has 1 unspecified atom stereocenters. The van der Waals surface area contributed by atoms with E-state index < -0.39 is 5.54 Å². The van der Waals surface area contributed by atoms with Gasteiger partial charge in [-0.15, -0.1) is 0 Å². The number of pyridine rings is 1. The van der Waals surface area contributed by atoms with Crippen LogP contribution in [0.1, 0.15) is 20.8 Å². The van der Waals surface area contributed by atoms with Crippen LogP contribution in [0.15, 0.2) is 48.7 Å². The molecule has 0 fully saturated rings. The third-order valence-corrected chi connectivity index (χ3v) is 3.99. The molecule has 1 aromatic heterocycles. The molecule has 0 radical (unpaired) electrons. The van der Waals surface area contributed by atoms with Crippen molar-refractivity contribution in [3.05, 3.63) is 58.7 Å². The highest BCUT2D eigenvalue weighted by molar-refractivity contribution is 6.35. The molecule has 8 heteroatoms. The van der Waals surface area contributed by atoms with Gasteiger partial charge in [0.15, 0.2) is 0 Å². The van der Waals surface area contributed by atoms with Crippen LogP contribution in [-0.2, 0) is 4.79 Å². The van der Waals surface area contributed by atoms with Gasteiger partial charge < -0.3 is 19.9 Å². The van der Waals surface area contributed by atoms with E-state index in [1.54, 1.807) is 50.3 Å². The fraction of sp³-hybridized carbons (Fsp3) is 0.300. The number of carbonyl (C=O) groups excluding carboxylic acids is 1. The molecule has 0 spiro atoms. The summed E-state index contributed by atoms with van der Waals surface area (Å²) in [5, 5.41) is 12.6. The van der Waals surface area contributed by atoms with Crippen molar-refractivity contribution in [1.29, 1.82) is 0 Å². The third-order valence-electron chi connectivity index (χ3n) is 3.51. The van der Waals surface area contributed by atoms with Crippen molar-refractivity contribution in [2.75, 3.05) is 6.61 Å². The van der Waals surface area contributed by atoms with Crippen LogP contribution in [0, 0.1) is 0 Å². The van der Waals surface area contributed by atoms with Gasteiger partial charge in [-0.2, -0.15) is 0 Å². The molecule has 28 heavy (non-hydrogen) atoms. The largest absolute Gasteiger partial charge is 0.487 e. The van der Waals surface area contributed by atoms with E-state index in [4.69, 9.17) is 37.8 Å². The quantitative estimate of drug-likeness (QED) is 0.614. The zero-order valence-corrected chi connectivity index (χ0v) is 17.3. The summed E-state index contributed by atoms with van der Waals surface area (Å²) in [6.45, 7) is 5.12. The molecule has 150 valence electrons. The minimum absolute atomic E-state index is 0.149. The molecule has 0 saturated heterocycles. The number of nitrogens with zero attached hydrogens (tertiary/aromatic N) is 1. The van der Waals surface area contributed by atoms with E-state index in [1.807, 2.05) is 6.92 Å². The molecule has 1 atom stereocenters. The average Bonchev–Trinajstić information content (AvgIpc) is 2.63. The average molecular weight is 425 g/mol. The number of nitrogens with one attached hydrogen (secondary N) is 1. The molecule has 0 aliphatic rings. The predicted octanol–water partition coefficient (Wildman–Crippen LogP) is 4.39. The SMILES string of the molecule is CC(/C=C/C(=O)NC(C)(C)CO)Oc1ccc(Oc2ncc(Cl)cc2Cl)cc1. The maximum Gasteiger partial charge on any atom is 0.244 e. The van der Waals surface area contributed by atoms with Gasteiger partial charge in [-0.05, 0) is 57.2 Å². The fourth-order valence-corrected chi connectivity index (χ4v) is 2.49. The van der Waals surface area contributed by atoms with E-state index in [1.165, 1.54) is 12.3 Å². The van der Waals surface area contributed by atoms with Gasteiger partial charge in [-0.25, -0.2) is 4.98 Å². The van der Waals surface area contributed by atoms with E-state index >= 15 is 0 Å². The highest BCUT2D eigenvalue weighted by atomic mass is 35.5. The predicted molar refractivity (Wildman–Crippen MR) is 109 cm³/mol. The number of aliphatic hydroxyl groups is 1. The van der Waals surface area contributed by atoms with Crippen molar-refractivity contribution in [3.63, 3.8) is 0 Å². The van der Waals surface area contributed by atoms with Gasteiger partial charge in [0.1, 0.15) is 22.6 Å². The number of benzene rings is 1. The number of hydrogen-bond donors (Lipinski definition) is 2. The molecule has 2 N–H and O–H groups in total. The highest BCUT2D eigenvalue weighted by Gasteiger charge is 2.17. The Kier molecular flexibility index (Phi) is 7.69. The van der Waals surface area contributed by atoms with Crippen LogP contribution in [0.4, 0.5) is 0 Å². The lowest BCUT2D eigenvalue weighted by atomic mass is 10.1. The van der Waals surface area contributed by atoms with E-state index in [-0.39, 0.29) is 24.5 Å². The van der Waals surface area contributed by atoms with E-state index in [0.717, 1.165) is 0 Å². The van der Waals surface area contributed by atoms with Crippen LogP contribution >= 0.6 is 23.2 Å². The number of hydrogen-bond acceptors (Lipinski definition) is 5. The maximum absolute atomic E-state index is 11.8. The van der Waals surface area contributed by atoms with Gasteiger partial charge in [0.05, 0.1) is 17.2 Å². The van der Waals surface area contributed by atoms with Gasteiger partial charge in [-0.3, -0.25) is 4.79 Å². The Balaban J connectivity index is 1.91. The Hall–Kier alpha value is -2.28. The molecule has 0 saturated carbocycles. The molecule has 0 aliphatic heterocycles. The summed E-state index contributed by atoms with van der Waals surface area (Å²) in [5.41, 5.74) is -0.677. The molecule has 1 heterocycles. The number of rotatable bonds is 8. The standard InChI is InChI=1S/C20H22Cl2N2O4/c1-13(4-9-18(26)24-20(2,3)12-25)27-15-5-7-16(8-6-15)28-19-17(22)10-14(21)11-23-19/h4-11,13,25H,12H2,1-3H3,(H,24,26)/b9-4+. The molecular formula is C20H22Cl2N2O4. The second-order valence-corrected chi connectivity index (χ2v) is 7.57. The Morgan fingerprint density at radius 2 is 1.93 bits per heavy atom. The number of ether oxygens (including phenoxy) is 2. The Bertz CT molecular complexity index is 839. The number of halogens is 2. The molecular weight excluding hydrogens is 403 g/mol. The molecule has 0 bridgehead atoms. The maximum atomic E-state index is 11.8. The molecule has 0 aliphatic carbocycles. The Morgan fingerprint density at radius 3 is 2.54 bits per heavy atom. The van der Waals surface area contributed by atoms with Gasteiger partial charge in [0.25, 0.3) is 0 Å². The van der Waals surface area contributed by atoms with Crippen molar-refractivity contribution in [1.82, 2.24) is 10.3 Å². The number of aliphatic hydroxyl groups excluding tert-OH is 1. The highest BCUT2D eigenvalue weighted by Crippen LogP contribution is 2.30. The minimum atomic E-state index is -0.677. The van der Waals surface area contributed by atoms with Gasteiger partial charge in [-0.1, -0.05) is 23.2 Å². The number of amides is 1. The summed E-state index contributed by atoms with van der Waals surface area (Å²) < 4.78 is 11.4. The molecule has 2 rings (SSSR count). The van der Waals surface area contributed by atoms with Crippen LogP contribution in [0.25, 0.3) is 0 Å². The van der Waals surface area contributed by atoms with Crippen molar-refractivity contribution in [3.8, 4) is 17.4 Å². The summed E-state index contributed by atoms with van der Waals surface area (Å²) in [7, 11) is 0. The summed E-state index contributed by atoms with van der Waals surface area (Å²) in [4.78, 5) is 15.9. The first-order chi connectivity index (χ1) is 13.2. The summed E-state index contributed by atoms with van der Waals surface area (Å²) >= 11 is 11.9. The topological polar surface area (TPSA) is 80.7 Å². The van der Waals surface area contributed by atoms with E-state index in [2.05, 4.69) is 10.3 Å². The Morgan fingerprint density at radius 1 is 1.29 bits per heavy atom. The minimum Gasteiger partial charge on any atom is -0.487 e. The van der Waals surface area contributed by atoms with Gasteiger partial charge >= 0.3 is 0 Å².